The number of rotatable bonds is 3. The largest absolute Gasteiger partial charge is 0.333 e. The molecule has 1 aliphatic rings. The summed E-state index contributed by atoms with van der Waals surface area (Å²) in [5.74, 6) is 1.43. The molecular weight excluding hydrogens is 328 g/mol. The van der Waals surface area contributed by atoms with Gasteiger partial charge >= 0.3 is 0 Å². The van der Waals surface area contributed by atoms with Crippen LogP contribution in [0.3, 0.4) is 0 Å². The molecule has 3 heterocycles. The molecular formula is C19H22N6O. The summed E-state index contributed by atoms with van der Waals surface area (Å²) in [7, 11) is 1.75. The van der Waals surface area contributed by atoms with Crippen LogP contribution in [0.25, 0.3) is 10.9 Å². The van der Waals surface area contributed by atoms with E-state index in [2.05, 4.69) is 15.0 Å². The fourth-order valence-electron chi connectivity index (χ4n) is 3.42. The Balaban J connectivity index is 1.55. The number of nitrogens with zero attached hydrogens (tertiary/aromatic N) is 5. The molecule has 0 saturated carbocycles. The van der Waals surface area contributed by atoms with Gasteiger partial charge in [-0.3, -0.25) is 4.79 Å². The predicted molar refractivity (Wildman–Crippen MR) is 98.6 cm³/mol. The van der Waals surface area contributed by atoms with Gasteiger partial charge in [-0.25, -0.2) is 15.0 Å². The molecule has 0 fully saturated rings. The number of benzene rings is 1. The van der Waals surface area contributed by atoms with Gasteiger partial charge in [-0.15, -0.1) is 0 Å². The third kappa shape index (κ3) is 3.06. The van der Waals surface area contributed by atoms with Crippen LogP contribution in [-0.2, 0) is 19.5 Å². The molecule has 2 aromatic heterocycles. The van der Waals surface area contributed by atoms with Crippen LogP contribution in [0.4, 0.5) is 0 Å². The molecule has 1 aromatic carbocycles. The maximum atomic E-state index is 12.8. The second-order valence-electron chi connectivity index (χ2n) is 6.90. The van der Waals surface area contributed by atoms with E-state index in [4.69, 9.17) is 5.73 Å². The highest BCUT2D eigenvalue weighted by atomic mass is 16.2. The Morgan fingerprint density at radius 2 is 2.12 bits per heavy atom. The Bertz CT molecular complexity index is 979. The van der Waals surface area contributed by atoms with Crippen molar-refractivity contribution in [3.63, 3.8) is 0 Å². The molecule has 0 radical (unpaired) electrons. The Labute approximate surface area is 151 Å². The van der Waals surface area contributed by atoms with Crippen molar-refractivity contribution in [2.45, 2.75) is 38.9 Å². The lowest BCUT2D eigenvalue weighted by Crippen LogP contribution is -2.31. The predicted octanol–water partition coefficient (Wildman–Crippen LogP) is 1.68. The number of para-hydroxylation sites is 1. The van der Waals surface area contributed by atoms with Crippen LogP contribution < -0.4 is 5.73 Å². The second kappa shape index (κ2) is 6.49. The average Bonchev–Trinajstić information content (AvgIpc) is 3.04. The zero-order valence-corrected chi connectivity index (χ0v) is 15.0. The highest BCUT2D eigenvalue weighted by Gasteiger charge is 2.22. The van der Waals surface area contributed by atoms with Crippen molar-refractivity contribution in [2.75, 3.05) is 7.05 Å². The SMILES string of the molecule is Cc1nc(CN(C)C(=O)c2cn3c(n2)CCC(N)C3)nc2ccccc12. The normalized spacial score (nSPS) is 16.5. The van der Waals surface area contributed by atoms with Gasteiger partial charge < -0.3 is 15.2 Å². The van der Waals surface area contributed by atoms with Crippen LogP contribution in [0.2, 0.25) is 0 Å². The summed E-state index contributed by atoms with van der Waals surface area (Å²) in [4.78, 5) is 28.0. The van der Waals surface area contributed by atoms with Crippen LogP contribution in [0, 0.1) is 6.92 Å². The topological polar surface area (TPSA) is 89.9 Å². The average molecular weight is 350 g/mol. The molecule has 0 aliphatic carbocycles. The van der Waals surface area contributed by atoms with Crippen LogP contribution in [0.5, 0.6) is 0 Å². The Hall–Kier alpha value is -2.80. The zero-order chi connectivity index (χ0) is 18.3. The van der Waals surface area contributed by atoms with E-state index in [0.29, 0.717) is 24.6 Å². The van der Waals surface area contributed by atoms with E-state index >= 15 is 0 Å². The maximum absolute atomic E-state index is 12.8. The lowest BCUT2D eigenvalue weighted by molar-refractivity contribution is 0.0776. The van der Waals surface area contributed by atoms with Crippen LogP contribution in [-0.4, -0.2) is 43.4 Å². The van der Waals surface area contributed by atoms with E-state index in [-0.39, 0.29) is 11.9 Å². The number of carbonyl (C=O) groups excluding carboxylic acids is 1. The molecule has 2 N–H and O–H groups in total. The van der Waals surface area contributed by atoms with E-state index < -0.39 is 0 Å². The Kier molecular flexibility index (Phi) is 4.16. The van der Waals surface area contributed by atoms with Gasteiger partial charge in [-0.2, -0.15) is 0 Å². The summed E-state index contributed by atoms with van der Waals surface area (Å²) in [6.45, 7) is 3.01. The van der Waals surface area contributed by atoms with Gasteiger partial charge in [0.15, 0.2) is 0 Å². The second-order valence-corrected chi connectivity index (χ2v) is 6.90. The molecule has 1 aliphatic heterocycles. The van der Waals surface area contributed by atoms with Crippen molar-refractivity contribution >= 4 is 16.8 Å². The third-order valence-corrected chi connectivity index (χ3v) is 4.81. The number of hydrogen-bond donors (Lipinski definition) is 1. The molecule has 0 spiro atoms. The van der Waals surface area contributed by atoms with E-state index in [1.165, 1.54) is 0 Å². The monoisotopic (exact) mass is 350 g/mol. The van der Waals surface area contributed by atoms with Crippen molar-refractivity contribution in [3.8, 4) is 0 Å². The fraction of sp³-hybridized carbons (Fsp3) is 0.368. The number of nitrogens with two attached hydrogens (primary N) is 1. The molecule has 134 valence electrons. The minimum absolute atomic E-state index is 0.130. The van der Waals surface area contributed by atoms with Gasteiger partial charge in [0.05, 0.1) is 12.1 Å². The molecule has 1 atom stereocenters. The third-order valence-electron chi connectivity index (χ3n) is 4.81. The Morgan fingerprint density at radius 1 is 1.31 bits per heavy atom. The molecule has 7 nitrogen and oxygen atoms in total. The van der Waals surface area contributed by atoms with Crippen molar-refractivity contribution in [1.82, 2.24) is 24.4 Å². The first kappa shape index (κ1) is 16.7. The van der Waals surface area contributed by atoms with Gasteiger partial charge in [-0.05, 0) is 19.4 Å². The van der Waals surface area contributed by atoms with Gasteiger partial charge in [0, 0.05) is 43.3 Å². The standard InChI is InChI=1S/C19H22N6O/c1-12-14-5-3-4-6-15(14)22-17(21-12)11-24(2)19(26)16-10-25-9-13(20)7-8-18(25)23-16/h3-6,10,13H,7-9,11,20H2,1-2H3. The molecule has 0 bridgehead atoms. The molecule has 3 aromatic rings. The molecule has 1 unspecified atom stereocenters. The summed E-state index contributed by atoms with van der Waals surface area (Å²) < 4.78 is 1.99. The first-order valence-electron chi connectivity index (χ1n) is 8.80. The highest BCUT2D eigenvalue weighted by molar-refractivity contribution is 5.92. The maximum Gasteiger partial charge on any atom is 0.274 e. The van der Waals surface area contributed by atoms with Gasteiger partial charge in [0.1, 0.15) is 17.3 Å². The van der Waals surface area contributed by atoms with Crippen LogP contribution in [0.15, 0.2) is 30.5 Å². The highest BCUT2D eigenvalue weighted by Crippen LogP contribution is 2.17. The first-order valence-corrected chi connectivity index (χ1v) is 8.80. The summed E-state index contributed by atoms with van der Waals surface area (Å²) in [5, 5.41) is 1.03. The number of aromatic nitrogens is 4. The minimum atomic E-state index is -0.130. The Morgan fingerprint density at radius 3 is 2.96 bits per heavy atom. The van der Waals surface area contributed by atoms with Crippen LogP contribution >= 0.6 is 0 Å². The van der Waals surface area contributed by atoms with E-state index in [1.807, 2.05) is 35.8 Å². The molecule has 1 amide bonds. The smallest absolute Gasteiger partial charge is 0.274 e. The molecule has 26 heavy (non-hydrogen) atoms. The lowest BCUT2D eigenvalue weighted by atomic mass is 10.1. The first-order chi connectivity index (χ1) is 12.5. The van der Waals surface area contributed by atoms with Gasteiger partial charge in [-0.1, -0.05) is 18.2 Å². The van der Waals surface area contributed by atoms with E-state index in [0.717, 1.165) is 35.3 Å². The molecule has 0 saturated heterocycles. The van der Waals surface area contributed by atoms with Crippen molar-refractivity contribution < 1.29 is 4.79 Å². The quantitative estimate of drug-likeness (QED) is 0.776. The number of carbonyl (C=O) groups is 1. The molecule has 4 rings (SSSR count). The number of aryl methyl sites for hydroxylation is 2. The van der Waals surface area contributed by atoms with E-state index in [9.17, 15) is 4.79 Å². The van der Waals surface area contributed by atoms with Crippen molar-refractivity contribution in [3.05, 3.63) is 53.5 Å². The summed E-state index contributed by atoms with van der Waals surface area (Å²) in [6, 6.07) is 8.02. The number of fused-ring (bicyclic) bond motifs is 2. The minimum Gasteiger partial charge on any atom is -0.333 e. The number of hydrogen-bond acceptors (Lipinski definition) is 5. The van der Waals surface area contributed by atoms with Crippen molar-refractivity contribution in [2.24, 2.45) is 5.73 Å². The zero-order valence-electron chi connectivity index (χ0n) is 15.0. The van der Waals surface area contributed by atoms with E-state index in [1.54, 1.807) is 18.1 Å². The summed E-state index contributed by atoms with van der Waals surface area (Å²) in [6.07, 6.45) is 3.52. The number of amides is 1. The summed E-state index contributed by atoms with van der Waals surface area (Å²) >= 11 is 0. The van der Waals surface area contributed by atoms with Crippen LogP contribution in [0.1, 0.15) is 34.3 Å². The van der Waals surface area contributed by atoms with Gasteiger partial charge in [0.2, 0.25) is 0 Å². The molecule has 7 heteroatoms. The van der Waals surface area contributed by atoms with Gasteiger partial charge in [0.25, 0.3) is 5.91 Å². The summed E-state index contributed by atoms with van der Waals surface area (Å²) in [5.41, 5.74) is 8.25. The number of imidazole rings is 1. The van der Waals surface area contributed by atoms with Crippen molar-refractivity contribution in [1.29, 1.82) is 0 Å². The lowest BCUT2D eigenvalue weighted by Gasteiger charge is -2.19. The fourth-order valence-corrected chi connectivity index (χ4v) is 3.42.